The number of alkyl halides is 1. The molecular weight excluding hydrogens is 324 g/mol. The van der Waals surface area contributed by atoms with Crippen LogP contribution in [-0.4, -0.2) is 33.6 Å². The summed E-state index contributed by atoms with van der Waals surface area (Å²) in [7, 11) is 0. The summed E-state index contributed by atoms with van der Waals surface area (Å²) in [5.41, 5.74) is 0.542. The summed E-state index contributed by atoms with van der Waals surface area (Å²) in [5, 5.41) is 11.6. The minimum atomic E-state index is -0.455. The number of amides is 1. The second kappa shape index (κ2) is 6.83. The Kier molecular flexibility index (Phi) is 5.11. The van der Waals surface area contributed by atoms with Crippen LogP contribution in [0.4, 0.5) is 5.69 Å². The van der Waals surface area contributed by atoms with E-state index >= 15 is 0 Å². The molecule has 1 fully saturated rings. The molecule has 108 valence electrons. The normalized spacial score (nSPS) is 18.2. The number of nitro benzene ring substituents is 1. The van der Waals surface area contributed by atoms with Crippen molar-refractivity contribution >= 4 is 27.5 Å². The van der Waals surface area contributed by atoms with Gasteiger partial charge in [-0.25, -0.2) is 0 Å². The molecule has 5 nitrogen and oxygen atoms in total. The van der Waals surface area contributed by atoms with Gasteiger partial charge in [0.05, 0.1) is 4.92 Å². The molecular formula is C14H17BrN2O3. The highest BCUT2D eigenvalue weighted by Crippen LogP contribution is 2.24. The third-order valence-electron chi connectivity index (χ3n) is 3.63. The average Bonchev–Trinajstić information content (AvgIpc) is 2.92. The SMILES string of the molecule is O=C(c1ccc([N+](=O)[O-])cc1)N1CCCC1CCCBr. The molecule has 20 heavy (non-hydrogen) atoms. The zero-order valence-electron chi connectivity index (χ0n) is 11.1. The Morgan fingerprint density at radius 1 is 1.40 bits per heavy atom. The van der Waals surface area contributed by atoms with Crippen LogP contribution in [0.2, 0.25) is 0 Å². The first kappa shape index (κ1) is 15.0. The number of carbonyl (C=O) groups is 1. The molecule has 1 saturated heterocycles. The summed E-state index contributed by atoms with van der Waals surface area (Å²) in [6.07, 6.45) is 4.13. The number of non-ortho nitro benzene ring substituents is 1. The number of nitro groups is 1. The molecule has 0 spiro atoms. The van der Waals surface area contributed by atoms with Gasteiger partial charge < -0.3 is 4.90 Å². The van der Waals surface area contributed by atoms with E-state index in [2.05, 4.69) is 15.9 Å². The zero-order valence-corrected chi connectivity index (χ0v) is 12.7. The molecule has 1 aromatic carbocycles. The summed E-state index contributed by atoms with van der Waals surface area (Å²) in [6, 6.07) is 6.16. The molecule has 1 aliphatic rings. The zero-order chi connectivity index (χ0) is 14.5. The molecule has 2 rings (SSSR count). The Balaban J connectivity index is 2.07. The van der Waals surface area contributed by atoms with E-state index in [4.69, 9.17) is 0 Å². The molecule has 1 heterocycles. The van der Waals surface area contributed by atoms with Crippen LogP contribution in [0.1, 0.15) is 36.0 Å². The minimum absolute atomic E-state index is 0.0128. The number of nitrogens with zero attached hydrogens (tertiary/aromatic N) is 2. The van der Waals surface area contributed by atoms with Gasteiger partial charge in [-0.15, -0.1) is 0 Å². The van der Waals surface area contributed by atoms with Crippen LogP contribution in [0.15, 0.2) is 24.3 Å². The van der Waals surface area contributed by atoms with Gasteiger partial charge >= 0.3 is 0 Å². The van der Waals surface area contributed by atoms with E-state index in [1.165, 1.54) is 12.1 Å². The van der Waals surface area contributed by atoms with Gasteiger partial charge in [0.1, 0.15) is 0 Å². The van der Waals surface area contributed by atoms with E-state index in [9.17, 15) is 14.9 Å². The van der Waals surface area contributed by atoms with Gasteiger partial charge in [0.2, 0.25) is 0 Å². The summed E-state index contributed by atoms with van der Waals surface area (Å²) < 4.78 is 0. The second-order valence-corrected chi connectivity index (χ2v) is 5.72. The Morgan fingerprint density at radius 2 is 2.10 bits per heavy atom. The molecule has 1 unspecified atom stereocenters. The van der Waals surface area contributed by atoms with Gasteiger partial charge in [0.15, 0.2) is 0 Å². The van der Waals surface area contributed by atoms with Crippen molar-refractivity contribution in [3.8, 4) is 0 Å². The van der Waals surface area contributed by atoms with Crippen LogP contribution < -0.4 is 0 Å². The maximum Gasteiger partial charge on any atom is 0.269 e. The molecule has 1 atom stereocenters. The number of hydrogen-bond donors (Lipinski definition) is 0. The molecule has 1 aliphatic heterocycles. The lowest BCUT2D eigenvalue weighted by Gasteiger charge is -2.24. The molecule has 6 heteroatoms. The fraction of sp³-hybridized carbons (Fsp3) is 0.500. The summed E-state index contributed by atoms with van der Waals surface area (Å²) in [4.78, 5) is 24.5. The van der Waals surface area contributed by atoms with Crippen LogP contribution >= 0.6 is 15.9 Å². The number of benzene rings is 1. The highest BCUT2D eigenvalue weighted by atomic mass is 79.9. The number of rotatable bonds is 5. The Hall–Kier alpha value is -1.43. The van der Waals surface area contributed by atoms with Gasteiger partial charge in [-0.3, -0.25) is 14.9 Å². The van der Waals surface area contributed by atoms with Crippen molar-refractivity contribution in [3.05, 3.63) is 39.9 Å². The van der Waals surface area contributed by atoms with Gasteiger partial charge in [0, 0.05) is 35.6 Å². The molecule has 0 radical (unpaired) electrons. The third kappa shape index (κ3) is 3.36. The number of halogens is 1. The smallest absolute Gasteiger partial charge is 0.269 e. The lowest BCUT2D eigenvalue weighted by atomic mass is 10.1. The second-order valence-electron chi connectivity index (χ2n) is 4.93. The van der Waals surface area contributed by atoms with Crippen LogP contribution in [0.25, 0.3) is 0 Å². The Bertz CT molecular complexity index is 490. The van der Waals surface area contributed by atoms with Crippen LogP contribution in [0, 0.1) is 10.1 Å². The molecule has 0 N–H and O–H groups in total. The van der Waals surface area contributed by atoms with E-state index in [-0.39, 0.29) is 11.6 Å². The minimum Gasteiger partial charge on any atom is -0.336 e. The van der Waals surface area contributed by atoms with E-state index < -0.39 is 4.92 Å². The Morgan fingerprint density at radius 3 is 2.70 bits per heavy atom. The Labute approximate surface area is 126 Å². The van der Waals surface area contributed by atoms with E-state index in [0.717, 1.165) is 37.6 Å². The first-order valence-electron chi connectivity index (χ1n) is 6.75. The topological polar surface area (TPSA) is 63.4 Å². The van der Waals surface area contributed by atoms with Crippen LogP contribution in [0.3, 0.4) is 0 Å². The summed E-state index contributed by atoms with van der Waals surface area (Å²) >= 11 is 3.41. The fourth-order valence-corrected chi connectivity index (χ4v) is 2.93. The van der Waals surface area contributed by atoms with E-state index in [1.807, 2.05) is 4.90 Å². The van der Waals surface area contributed by atoms with Crippen molar-refractivity contribution in [2.45, 2.75) is 31.7 Å². The van der Waals surface area contributed by atoms with Gasteiger partial charge in [-0.2, -0.15) is 0 Å². The largest absolute Gasteiger partial charge is 0.336 e. The molecule has 1 amide bonds. The van der Waals surface area contributed by atoms with Crippen molar-refractivity contribution in [2.75, 3.05) is 11.9 Å². The lowest BCUT2D eigenvalue weighted by molar-refractivity contribution is -0.384. The maximum atomic E-state index is 12.4. The molecule has 0 bridgehead atoms. The molecule has 0 saturated carbocycles. The van der Waals surface area contributed by atoms with E-state index in [1.54, 1.807) is 12.1 Å². The monoisotopic (exact) mass is 340 g/mol. The van der Waals surface area contributed by atoms with Gasteiger partial charge in [-0.1, -0.05) is 15.9 Å². The number of likely N-dealkylation sites (tertiary alicyclic amines) is 1. The lowest BCUT2D eigenvalue weighted by Crippen LogP contribution is -2.35. The highest BCUT2D eigenvalue weighted by molar-refractivity contribution is 9.09. The van der Waals surface area contributed by atoms with Crippen molar-refractivity contribution < 1.29 is 9.72 Å². The highest BCUT2D eigenvalue weighted by Gasteiger charge is 2.28. The maximum absolute atomic E-state index is 12.4. The van der Waals surface area contributed by atoms with Crippen LogP contribution in [0.5, 0.6) is 0 Å². The average molecular weight is 341 g/mol. The van der Waals surface area contributed by atoms with Gasteiger partial charge in [-0.05, 0) is 37.8 Å². The first-order valence-corrected chi connectivity index (χ1v) is 7.87. The molecule has 1 aromatic rings. The van der Waals surface area contributed by atoms with Crippen LogP contribution in [-0.2, 0) is 0 Å². The predicted octanol–water partition coefficient (Wildman–Crippen LogP) is 3.37. The fourth-order valence-electron chi connectivity index (χ4n) is 2.61. The quantitative estimate of drug-likeness (QED) is 0.469. The number of carbonyl (C=O) groups excluding carboxylic acids is 1. The van der Waals surface area contributed by atoms with E-state index in [0.29, 0.717) is 11.6 Å². The predicted molar refractivity (Wildman–Crippen MR) is 80.2 cm³/mol. The third-order valence-corrected chi connectivity index (χ3v) is 4.19. The first-order chi connectivity index (χ1) is 9.63. The summed E-state index contributed by atoms with van der Waals surface area (Å²) in [6.45, 7) is 0.781. The molecule has 0 aromatic heterocycles. The van der Waals surface area contributed by atoms with Crippen molar-refractivity contribution in [3.63, 3.8) is 0 Å². The van der Waals surface area contributed by atoms with Crippen molar-refractivity contribution in [1.82, 2.24) is 4.90 Å². The number of hydrogen-bond acceptors (Lipinski definition) is 3. The van der Waals surface area contributed by atoms with Crippen molar-refractivity contribution in [1.29, 1.82) is 0 Å². The summed E-state index contributed by atoms with van der Waals surface area (Å²) in [5.74, 6) is -0.0167. The molecule has 0 aliphatic carbocycles. The van der Waals surface area contributed by atoms with Crippen molar-refractivity contribution in [2.24, 2.45) is 0 Å². The standard InChI is InChI=1S/C14H17BrN2O3/c15-9-1-3-12-4-2-10-16(12)14(18)11-5-7-13(8-6-11)17(19)20/h5-8,12H,1-4,9-10H2. The van der Waals surface area contributed by atoms with Gasteiger partial charge in [0.25, 0.3) is 11.6 Å².